The molecule has 1 fully saturated rings. The summed E-state index contributed by atoms with van der Waals surface area (Å²) in [6.07, 6.45) is 5.39. The molecule has 5 heteroatoms. The lowest BCUT2D eigenvalue weighted by atomic mass is 10.0. The molecule has 1 atom stereocenters. The van der Waals surface area contributed by atoms with Crippen molar-refractivity contribution in [3.05, 3.63) is 54.4 Å². The number of carboxylic acids is 1. The number of carboxylic acid groups (broad SMARTS) is 1. The number of benzene rings is 1. The summed E-state index contributed by atoms with van der Waals surface area (Å²) in [4.78, 5) is 29.7. The van der Waals surface area contributed by atoms with Gasteiger partial charge in [-0.25, -0.2) is 4.79 Å². The fourth-order valence-corrected chi connectivity index (χ4v) is 2.94. The van der Waals surface area contributed by atoms with Gasteiger partial charge in [0, 0.05) is 24.5 Å². The lowest BCUT2D eigenvalue weighted by molar-refractivity contribution is -0.143. The first-order valence-electron chi connectivity index (χ1n) is 7.71. The van der Waals surface area contributed by atoms with E-state index in [1.165, 1.54) is 11.1 Å². The minimum atomic E-state index is -0.940. The van der Waals surface area contributed by atoms with E-state index in [1.54, 1.807) is 12.3 Å². The van der Waals surface area contributed by atoms with Gasteiger partial charge in [-0.3, -0.25) is 9.78 Å². The molecule has 1 aromatic carbocycles. The van der Waals surface area contributed by atoms with Crippen molar-refractivity contribution in [3.63, 3.8) is 0 Å². The summed E-state index contributed by atoms with van der Waals surface area (Å²) in [5.74, 6) is -1.20. The van der Waals surface area contributed by atoms with Crippen molar-refractivity contribution in [2.24, 2.45) is 0 Å². The Labute approximate surface area is 134 Å². The highest BCUT2D eigenvalue weighted by Crippen LogP contribution is 2.23. The first-order valence-corrected chi connectivity index (χ1v) is 7.71. The molecule has 2 heterocycles. The summed E-state index contributed by atoms with van der Waals surface area (Å²) in [6, 6.07) is 10.7. The number of nitrogens with zero attached hydrogens (tertiary/aromatic N) is 2. The predicted octanol–water partition coefficient (Wildman–Crippen LogP) is 2.83. The normalized spacial score (nSPS) is 17.7. The molecule has 0 saturated carbocycles. The van der Waals surface area contributed by atoms with Crippen LogP contribution >= 0.6 is 0 Å². The molecule has 5 nitrogen and oxygen atoms in total. The van der Waals surface area contributed by atoms with Crippen LogP contribution in [0.2, 0.25) is 0 Å². The molecule has 1 unspecified atom stereocenters. The molecular formula is C18H18N2O3. The van der Waals surface area contributed by atoms with Crippen LogP contribution in [0, 0.1) is 0 Å². The summed E-state index contributed by atoms with van der Waals surface area (Å²) in [6.45, 7) is 0.478. The van der Waals surface area contributed by atoms with E-state index < -0.39 is 12.0 Å². The van der Waals surface area contributed by atoms with E-state index in [9.17, 15) is 14.7 Å². The fraction of sp³-hybridized carbons (Fsp3) is 0.278. The van der Waals surface area contributed by atoms with Gasteiger partial charge in [0.2, 0.25) is 0 Å². The first kappa shape index (κ1) is 15.2. The zero-order valence-corrected chi connectivity index (χ0v) is 12.7. The molecule has 1 saturated heterocycles. The molecule has 23 heavy (non-hydrogen) atoms. The summed E-state index contributed by atoms with van der Waals surface area (Å²) in [5.41, 5.74) is 2.25. The molecule has 0 spiro atoms. The fourth-order valence-electron chi connectivity index (χ4n) is 2.94. The van der Waals surface area contributed by atoms with Crippen LogP contribution in [-0.4, -0.2) is 39.5 Å². The molecule has 0 aliphatic carbocycles. The van der Waals surface area contributed by atoms with Gasteiger partial charge in [0.25, 0.3) is 5.91 Å². The van der Waals surface area contributed by atoms with E-state index in [-0.39, 0.29) is 5.91 Å². The van der Waals surface area contributed by atoms with Crippen LogP contribution in [0.15, 0.2) is 48.8 Å². The average Bonchev–Trinajstić information content (AvgIpc) is 2.62. The van der Waals surface area contributed by atoms with Gasteiger partial charge in [-0.15, -0.1) is 0 Å². The highest BCUT2D eigenvalue weighted by atomic mass is 16.4. The van der Waals surface area contributed by atoms with Crippen molar-refractivity contribution < 1.29 is 14.7 Å². The number of carbonyl (C=O) groups is 2. The van der Waals surface area contributed by atoms with Crippen LogP contribution in [0.3, 0.4) is 0 Å². The summed E-state index contributed by atoms with van der Waals surface area (Å²) in [5, 5.41) is 9.33. The highest BCUT2D eigenvalue weighted by Gasteiger charge is 2.32. The Morgan fingerprint density at radius 1 is 1.09 bits per heavy atom. The lowest BCUT2D eigenvalue weighted by Crippen LogP contribution is -2.48. The van der Waals surface area contributed by atoms with Gasteiger partial charge < -0.3 is 10.0 Å². The molecule has 1 N–H and O–H groups in total. The van der Waals surface area contributed by atoms with Crippen molar-refractivity contribution in [1.29, 1.82) is 0 Å². The summed E-state index contributed by atoms with van der Waals surface area (Å²) in [7, 11) is 0. The van der Waals surface area contributed by atoms with E-state index in [4.69, 9.17) is 0 Å². The Bertz CT molecular complexity index is 715. The molecule has 0 radical (unpaired) electrons. The van der Waals surface area contributed by atoms with E-state index in [0.717, 1.165) is 24.0 Å². The van der Waals surface area contributed by atoms with Crippen molar-refractivity contribution in [1.82, 2.24) is 9.88 Å². The second kappa shape index (κ2) is 6.60. The SMILES string of the molecule is O=C(O)C1CCCCN1C(=O)c1cncc(-c2ccccc2)c1. The molecule has 118 valence electrons. The second-order valence-corrected chi connectivity index (χ2v) is 5.68. The zero-order valence-electron chi connectivity index (χ0n) is 12.7. The van der Waals surface area contributed by atoms with Crippen LogP contribution in [0.4, 0.5) is 0 Å². The van der Waals surface area contributed by atoms with Crippen molar-refractivity contribution in [2.45, 2.75) is 25.3 Å². The number of rotatable bonds is 3. The molecule has 1 aromatic heterocycles. The Morgan fingerprint density at radius 3 is 2.61 bits per heavy atom. The maximum Gasteiger partial charge on any atom is 0.326 e. The number of amides is 1. The monoisotopic (exact) mass is 310 g/mol. The van der Waals surface area contributed by atoms with Gasteiger partial charge in [-0.2, -0.15) is 0 Å². The molecule has 1 aliphatic heterocycles. The van der Waals surface area contributed by atoms with Crippen LogP contribution in [0.25, 0.3) is 11.1 Å². The number of aliphatic carboxylic acids is 1. The molecular weight excluding hydrogens is 292 g/mol. The predicted molar refractivity (Wildman–Crippen MR) is 86.0 cm³/mol. The zero-order chi connectivity index (χ0) is 16.2. The Balaban J connectivity index is 1.89. The minimum absolute atomic E-state index is 0.262. The third-order valence-electron chi connectivity index (χ3n) is 4.14. The van der Waals surface area contributed by atoms with Gasteiger partial charge in [-0.1, -0.05) is 30.3 Å². The van der Waals surface area contributed by atoms with Crippen LogP contribution < -0.4 is 0 Å². The molecule has 0 bridgehead atoms. The van der Waals surface area contributed by atoms with Crippen LogP contribution in [-0.2, 0) is 4.79 Å². The van der Waals surface area contributed by atoms with E-state index in [1.807, 2.05) is 30.3 Å². The summed E-state index contributed by atoms with van der Waals surface area (Å²) >= 11 is 0. The number of likely N-dealkylation sites (tertiary alicyclic amines) is 1. The quantitative estimate of drug-likeness (QED) is 0.946. The third-order valence-corrected chi connectivity index (χ3v) is 4.14. The number of carbonyl (C=O) groups excluding carboxylic acids is 1. The van der Waals surface area contributed by atoms with E-state index in [0.29, 0.717) is 18.5 Å². The van der Waals surface area contributed by atoms with E-state index >= 15 is 0 Å². The van der Waals surface area contributed by atoms with E-state index in [2.05, 4.69) is 4.98 Å². The van der Waals surface area contributed by atoms with Gasteiger partial charge in [0.15, 0.2) is 0 Å². The molecule has 2 aromatic rings. The molecule has 3 rings (SSSR count). The van der Waals surface area contributed by atoms with Crippen LogP contribution in [0.5, 0.6) is 0 Å². The van der Waals surface area contributed by atoms with Crippen molar-refractivity contribution in [3.8, 4) is 11.1 Å². The first-order chi connectivity index (χ1) is 11.2. The average molecular weight is 310 g/mol. The highest BCUT2D eigenvalue weighted by molar-refractivity contribution is 5.97. The minimum Gasteiger partial charge on any atom is -0.480 e. The van der Waals surface area contributed by atoms with Gasteiger partial charge in [0.1, 0.15) is 6.04 Å². The smallest absolute Gasteiger partial charge is 0.326 e. The maximum atomic E-state index is 12.7. The van der Waals surface area contributed by atoms with Gasteiger partial charge in [0.05, 0.1) is 5.56 Å². The number of pyridine rings is 1. The lowest BCUT2D eigenvalue weighted by Gasteiger charge is -2.33. The van der Waals surface area contributed by atoms with Crippen molar-refractivity contribution >= 4 is 11.9 Å². The Morgan fingerprint density at radius 2 is 1.87 bits per heavy atom. The second-order valence-electron chi connectivity index (χ2n) is 5.68. The standard InChI is InChI=1S/C18H18N2O3/c21-17(20-9-5-4-8-16(20)18(22)23)15-10-14(11-19-12-15)13-6-2-1-3-7-13/h1-3,6-7,10-12,16H,4-5,8-9H2,(H,22,23). The number of aromatic nitrogens is 1. The number of piperidine rings is 1. The topological polar surface area (TPSA) is 70.5 Å². The largest absolute Gasteiger partial charge is 0.480 e. The molecule has 1 aliphatic rings. The summed E-state index contributed by atoms with van der Waals surface area (Å²) < 4.78 is 0. The Hall–Kier alpha value is -2.69. The van der Waals surface area contributed by atoms with Gasteiger partial charge >= 0.3 is 5.97 Å². The Kier molecular flexibility index (Phi) is 4.37. The third kappa shape index (κ3) is 3.23. The number of hydrogen-bond acceptors (Lipinski definition) is 3. The van der Waals surface area contributed by atoms with Crippen LogP contribution in [0.1, 0.15) is 29.6 Å². The maximum absolute atomic E-state index is 12.7. The van der Waals surface area contributed by atoms with Crippen molar-refractivity contribution in [2.75, 3.05) is 6.54 Å². The molecule has 1 amide bonds. The van der Waals surface area contributed by atoms with Gasteiger partial charge in [-0.05, 0) is 30.9 Å². The number of hydrogen-bond donors (Lipinski definition) is 1.